The Bertz CT molecular complexity index is 386. The summed E-state index contributed by atoms with van der Waals surface area (Å²) >= 11 is 0. The quantitative estimate of drug-likeness (QED) is 0.823. The summed E-state index contributed by atoms with van der Waals surface area (Å²) in [6.07, 6.45) is 2.01. The van der Waals surface area contributed by atoms with Gasteiger partial charge in [-0.15, -0.1) is 0 Å². The average molecular weight is 252 g/mol. The van der Waals surface area contributed by atoms with Crippen LogP contribution < -0.4 is 0 Å². The Hall–Kier alpha value is -0.670. The molecule has 1 aliphatic heterocycles. The maximum Gasteiger partial charge on any atom is 0.0691 e. The van der Waals surface area contributed by atoms with Gasteiger partial charge in [0.15, 0.2) is 0 Å². The van der Waals surface area contributed by atoms with Gasteiger partial charge in [-0.3, -0.25) is 4.21 Å². The summed E-state index contributed by atoms with van der Waals surface area (Å²) in [5.41, 5.74) is 2.54. The van der Waals surface area contributed by atoms with E-state index in [2.05, 4.69) is 31.2 Å². The second kappa shape index (κ2) is 5.78. The van der Waals surface area contributed by atoms with Gasteiger partial charge in [0.05, 0.1) is 11.4 Å². The fourth-order valence-electron chi connectivity index (χ4n) is 2.18. The third-order valence-corrected chi connectivity index (χ3v) is 5.26. The molecule has 0 spiro atoms. The van der Waals surface area contributed by atoms with Gasteiger partial charge in [0.2, 0.25) is 0 Å². The Morgan fingerprint density at radius 1 is 1.35 bits per heavy atom. The predicted molar refractivity (Wildman–Crippen MR) is 71.7 cm³/mol. The molecule has 2 nitrogen and oxygen atoms in total. The molecule has 17 heavy (non-hydrogen) atoms. The van der Waals surface area contributed by atoms with Gasteiger partial charge >= 0.3 is 0 Å². The highest BCUT2D eigenvalue weighted by Gasteiger charge is 2.29. The van der Waals surface area contributed by atoms with Crippen LogP contribution in [0, 0.1) is 6.92 Å². The fraction of sp³-hybridized carbons (Fsp3) is 0.571. The molecule has 1 heterocycles. The highest BCUT2D eigenvalue weighted by atomic mass is 32.2. The smallest absolute Gasteiger partial charge is 0.0691 e. The lowest BCUT2D eigenvalue weighted by molar-refractivity contribution is 0.127. The summed E-state index contributed by atoms with van der Waals surface area (Å²) in [6.45, 7) is 4.88. The van der Waals surface area contributed by atoms with Crippen LogP contribution in [0.5, 0.6) is 0 Å². The minimum absolute atomic E-state index is 0.161. The van der Waals surface area contributed by atoms with E-state index in [0.717, 1.165) is 25.2 Å². The first-order valence-corrected chi connectivity index (χ1v) is 7.59. The summed E-state index contributed by atoms with van der Waals surface area (Å²) in [5, 5.41) is 0.237. The van der Waals surface area contributed by atoms with Crippen LogP contribution in [0.1, 0.15) is 24.5 Å². The van der Waals surface area contributed by atoms with Crippen molar-refractivity contribution in [3.05, 3.63) is 35.4 Å². The first-order chi connectivity index (χ1) is 8.16. The lowest BCUT2D eigenvalue weighted by Crippen LogP contribution is -2.25. The molecular formula is C14H20O2S. The van der Waals surface area contributed by atoms with Gasteiger partial charge in [0.25, 0.3) is 0 Å². The van der Waals surface area contributed by atoms with Crippen LogP contribution in [0.15, 0.2) is 24.3 Å². The maximum atomic E-state index is 12.1. The molecule has 1 aromatic rings. The van der Waals surface area contributed by atoms with E-state index in [1.54, 1.807) is 0 Å². The summed E-state index contributed by atoms with van der Waals surface area (Å²) in [7, 11) is -0.756. The van der Waals surface area contributed by atoms with Crippen LogP contribution in [0.2, 0.25) is 0 Å². The van der Waals surface area contributed by atoms with Gasteiger partial charge < -0.3 is 4.74 Å². The monoisotopic (exact) mass is 252 g/mol. The summed E-state index contributed by atoms with van der Waals surface area (Å²) in [4.78, 5) is 0. The van der Waals surface area contributed by atoms with E-state index < -0.39 is 10.8 Å². The predicted octanol–water partition coefficient (Wildman–Crippen LogP) is 2.46. The van der Waals surface area contributed by atoms with Crippen LogP contribution in [0.3, 0.4) is 0 Å². The molecule has 1 aliphatic rings. The molecule has 0 unspecified atom stereocenters. The third-order valence-electron chi connectivity index (χ3n) is 3.36. The van der Waals surface area contributed by atoms with Crippen LogP contribution in [-0.2, 0) is 22.0 Å². The molecule has 2 rings (SSSR count). The van der Waals surface area contributed by atoms with Gasteiger partial charge in [-0.05, 0) is 32.3 Å². The highest BCUT2D eigenvalue weighted by Crippen LogP contribution is 2.19. The number of aryl methyl sites for hydroxylation is 2. The number of ether oxygens (including phenoxy) is 1. The lowest BCUT2D eigenvalue weighted by atomic mass is 10.1. The highest BCUT2D eigenvalue weighted by molar-refractivity contribution is 7.85. The second-order valence-electron chi connectivity index (χ2n) is 4.72. The van der Waals surface area contributed by atoms with E-state index in [1.165, 1.54) is 11.1 Å². The topological polar surface area (TPSA) is 26.3 Å². The molecule has 1 aromatic carbocycles. The lowest BCUT2D eigenvalue weighted by Gasteiger charge is -2.13. The zero-order valence-corrected chi connectivity index (χ0v) is 11.3. The van der Waals surface area contributed by atoms with Crippen LogP contribution in [-0.4, -0.2) is 27.9 Å². The number of hydrogen-bond acceptors (Lipinski definition) is 2. The molecule has 0 aliphatic carbocycles. The van der Waals surface area contributed by atoms with Crippen molar-refractivity contribution in [3.63, 3.8) is 0 Å². The van der Waals surface area contributed by atoms with E-state index in [1.807, 2.05) is 6.92 Å². The molecule has 0 aromatic heterocycles. The fourth-order valence-corrected chi connectivity index (χ4v) is 3.79. The van der Waals surface area contributed by atoms with Gasteiger partial charge in [-0.25, -0.2) is 0 Å². The summed E-state index contributed by atoms with van der Waals surface area (Å²) < 4.78 is 17.6. The van der Waals surface area contributed by atoms with Gasteiger partial charge in [-0.2, -0.15) is 0 Å². The van der Waals surface area contributed by atoms with Crippen LogP contribution in [0.4, 0.5) is 0 Å². The summed E-state index contributed by atoms with van der Waals surface area (Å²) in [6, 6.07) is 8.47. The minimum Gasteiger partial charge on any atom is -0.377 e. The van der Waals surface area contributed by atoms with Crippen LogP contribution >= 0.6 is 0 Å². The Morgan fingerprint density at radius 2 is 2.06 bits per heavy atom. The zero-order valence-electron chi connectivity index (χ0n) is 10.5. The van der Waals surface area contributed by atoms with Crippen molar-refractivity contribution in [2.24, 2.45) is 0 Å². The van der Waals surface area contributed by atoms with Gasteiger partial charge in [-0.1, -0.05) is 29.8 Å². The Kier molecular flexibility index (Phi) is 4.35. The van der Waals surface area contributed by atoms with Crippen molar-refractivity contribution >= 4 is 10.8 Å². The summed E-state index contributed by atoms with van der Waals surface area (Å²) in [5.74, 6) is 0.751. The molecule has 0 radical (unpaired) electrons. The molecule has 3 heteroatoms. The molecule has 1 saturated heterocycles. The molecule has 94 valence electrons. The third kappa shape index (κ3) is 3.39. The van der Waals surface area contributed by atoms with Crippen molar-refractivity contribution in [1.82, 2.24) is 0 Å². The van der Waals surface area contributed by atoms with E-state index in [0.29, 0.717) is 0 Å². The first kappa shape index (κ1) is 12.8. The Balaban J connectivity index is 1.85. The van der Waals surface area contributed by atoms with E-state index in [9.17, 15) is 4.21 Å². The van der Waals surface area contributed by atoms with Crippen molar-refractivity contribution < 1.29 is 8.95 Å². The molecule has 0 amide bonds. The SMILES string of the molecule is Cc1ccc(CC[S@](=O)[C@H]2CCO[C@H]2C)cc1. The standard InChI is InChI=1S/C14H20O2S/c1-11-3-5-13(6-4-11)8-10-17(15)14-7-9-16-12(14)2/h3-6,12,14H,7-10H2,1-2H3/t12-,14-,17-/m0/s1. The first-order valence-electron chi connectivity index (χ1n) is 6.21. The zero-order chi connectivity index (χ0) is 12.3. The second-order valence-corrected chi connectivity index (χ2v) is 6.50. The molecule has 0 N–H and O–H groups in total. The van der Waals surface area contributed by atoms with Crippen molar-refractivity contribution in [1.29, 1.82) is 0 Å². The van der Waals surface area contributed by atoms with Crippen molar-refractivity contribution in [2.75, 3.05) is 12.4 Å². The largest absolute Gasteiger partial charge is 0.377 e. The average Bonchev–Trinajstić information content (AvgIpc) is 2.74. The van der Waals surface area contributed by atoms with Crippen molar-refractivity contribution in [3.8, 4) is 0 Å². The molecule has 1 fully saturated rings. The minimum atomic E-state index is -0.756. The Labute approximate surface area is 106 Å². The normalized spacial score (nSPS) is 26.0. The molecule has 0 bridgehead atoms. The molecule has 0 saturated carbocycles. The van der Waals surface area contributed by atoms with E-state index in [4.69, 9.17) is 4.74 Å². The van der Waals surface area contributed by atoms with E-state index >= 15 is 0 Å². The van der Waals surface area contributed by atoms with Crippen molar-refractivity contribution in [2.45, 2.75) is 38.0 Å². The van der Waals surface area contributed by atoms with E-state index in [-0.39, 0.29) is 11.4 Å². The Morgan fingerprint density at radius 3 is 2.65 bits per heavy atom. The molecular weight excluding hydrogens is 232 g/mol. The molecule has 3 atom stereocenters. The van der Waals surface area contributed by atoms with Gasteiger partial charge in [0.1, 0.15) is 0 Å². The van der Waals surface area contributed by atoms with Gasteiger partial charge in [0, 0.05) is 23.2 Å². The number of hydrogen-bond donors (Lipinski definition) is 0. The number of benzene rings is 1. The maximum absolute atomic E-state index is 12.1. The number of rotatable bonds is 4. The van der Waals surface area contributed by atoms with Crippen LogP contribution in [0.25, 0.3) is 0 Å².